The van der Waals surface area contributed by atoms with Crippen LogP contribution in [-0.4, -0.2) is 44.4 Å². The smallest absolute Gasteiger partial charge is 0.123 e. The third-order valence-electron chi connectivity index (χ3n) is 3.97. The molecule has 1 aromatic carbocycles. The Morgan fingerprint density at radius 2 is 2.20 bits per heavy atom. The van der Waals surface area contributed by atoms with Crippen molar-refractivity contribution in [3.05, 3.63) is 29.8 Å². The van der Waals surface area contributed by atoms with Crippen molar-refractivity contribution in [3.8, 4) is 5.75 Å². The summed E-state index contributed by atoms with van der Waals surface area (Å²) in [5, 5.41) is 0. The van der Waals surface area contributed by atoms with E-state index in [4.69, 9.17) is 15.2 Å². The highest BCUT2D eigenvalue weighted by atomic mass is 16.5. The van der Waals surface area contributed by atoms with Crippen LogP contribution in [0.25, 0.3) is 0 Å². The van der Waals surface area contributed by atoms with Crippen LogP contribution in [0.4, 0.5) is 0 Å². The van der Waals surface area contributed by atoms with Crippen molar-refractivity contribution in [3.63, 3.8) is 0 Å². The summed E-state index contributed by atoms with van der Waals surface area (Å²) in [6.45, 7) is 5.45. The van der Waals surface area contributed by atoms with Crippen LogP contribution in [0.2, 0.25) is 0 Å². The van der Waals surface area contributed by atoms with Gasteiger partial charge in [0.2, 0.25) is 0 Å². The van der Waals surface area contributed by atoms with Gasteiger partial charge in [0.05, 0.1) is 19.3 Å². The maximum Gasteiger partial charge on any atom is 0.123 e. The zero-order valence-corrected chi connectivity index (χ0v) is 12.5. The Bertz CT molecular complexity index is 409. The van der Waals surface area contributed by atoms with Gasteiger partial charge in [-0.2, -0.15) is 0 Å². The fourth-order valence-corrected chi connectivity index (χ4v) is 3.04. The Balaban J connectivity index is 2.14. The van der Waals surface area contributed by atoms with Crippen LogP contribution < -0.4 is 10.5 Å². The molecule has 2 atom stereocenters. The SMILES string of the molecule is CCOC1CCCN(C(CN)c2ccccc2OC)C1. The second-order valence-electron chi connectivity index (χ2n) is 5.21. The third-order valence-corrected chi connectivity index (χ3v) is 3.97. The van der Waals surface area contributed by atoms with Crippen molar-refractivity contribution in [2.75, 3.05) is 33.4 Å². The summed E-state index contributed by atoms with van der Waals surface area (Å²) in [6.07, 6.45) is 2.64. The minimum atomic E-state index is 0.203. The van der Waals surface area contributed by atoms with Crippen LogP contribution in [0.5, 0.6) is 5.75 Å². The largest absolute Gasteiger partial charge is 0.496 e. The minimum absolute atomic E-state index is 0.203. The first-order valence-corrected chi connectivity index (χ1v) is 7.48. The Hall–Kier alpha value is -1.10. The first kappa shape index (κ1) is 15.3. The first-order valence-electron chi connectivity index (χ1n) is 7.48. The van der Waals surface area contributed by atoms with E-state index in [2.05, 4.69) is 17.9 Å². The van der Waals surface area contributed by atoms with Gasteiger partial charge < -0.3 is 15.2 Å². The van der Waals surface area contributed by atoms with E-state index in [9.17, 15) is 0 Å². The molecule has 1 aliphatic rings. The van der Waals surface area contributed by atoms with Crippen LogP contribution in [0, 0.1) is 0 Å². The van der Waals surface area contributed by atoms with Gasteiger partial charge in [-0.3, -0.25) is 4.90 Å². The second-order valence-corrected chi connectivity index (χ2v) is 5.21. The van der Waals surface area contributed by atoms with Gasteiger partial charge in [0.1, 0.15) is 5.75 Å². The zero-order chi connectivity index (χ0) is 14.4. The topological polar surface area (TPSA) is 47.7 Å². The molecular formula is C16H26N2O2. The van der Waals surface area contributed by atoms with Crippen LogP contribution >= 0.6 is 0 Å². The van der Waals surface area contributed by atoms with E-state index >= 15 is 0 Å². The van der Waals surface area contributed by atoms with Gasteiger partial charge in [0, 0.05) is 25.3 Å². The van der Waals surface area contributed by atoms with Gasteiger partial charge in [0.15, 0.2) is 0 Å². The van der Waals surface area contributed by atoms with E-state index < -0.39 is 0 Å². The van der Waals surface area contributed by atoms with E-state index in [-0.39, 0.29) is 6.04 Å². The lowest BCUT2D eigenvalue weighted by Crippen LogP contribution is -2.44. The van der Waals surface area contributed by atoms with Crippen LogP contribution in [0.1, 0.15) is 31.4 Å². The maximum atomic E-state index is 6.04. The summed E-state index contributed by atoms with van der Waals surface area (Å²) in [5.74, 6) is 0.918. The molecule has 0 aromatic heterocycles. The number of hydrogen-bond acceptors (Lipinski definition) is 4. The lowest BCUT2D eigenvalue weighted by atomic mass is 9.99. The van der Waals surface area contributed by atoms with Gasteiger partial charge in [-0.15, -0.1) is 0 Å². The first-order chi connectivity index (χ1) is 9.80. The molecular weight excluding hydrogens is 252 g/mol. The number of benzene rings is 1. The van der Waals surface area contributed by atoms with Crippen molar-refractivity contribution in [2.45, 2.75) is 31.9 Å². The van der Waals surface area contributed by atoms with E-state index in [0.717, 1.165) is 38.3 Å². The van der Waals surface area contributed by atoms with Crippen LogP contribution in [-0.2, 0) is 4.74 Å². The van der Waals surface area contributed by atoms with Crippen molar-refractivity contribution in [1.29, 1.82) is 0 Å². The highest BCUT2D eigenvalue weighted by Gasteiger charge is 2.27. The number of piperidine rings is 1. The Morgan fingerprint density at radius 3 is 2.90 bits per heavy atom. The summed E-state index contributed by atoms with van der Waals surface area (Å²) in [6, 6.07) is 8.36. The molecule has 2 rings (SSSR count). The fraction of sp³-hybridized carbons (Fsp3) is 0.625. The number of methoxy groups -OCH3 is 1. The number of nitrogens with two attached hydrogens (primary N) is 1. The van der Waals surface area contributed by atoms with Crippen molar-refractivity contribution in [2.24, 2.45) is 5.73 Å². The molecule has 1 aliphatic heterocycles. The highest BCUT2D eigenvalue weighted by Crippen LogP contribution is 2.30. The summed E-state index contributed by atoms with van der Waals surface area (Å²) in [4.78, 5) is 2.43. The van der Waals surface area contributed by atoms with Crippen molar-refractivity contribution >= 4 is 0 Å². The number of nitrogens with zero attached hydrogens (tertiary/aromatic N) is 1. The van der Waals surface area contributed by atoms with Crippen molar-refractivity contribution in [1.82, 2.24) is 4.90 Å². The Morgan fingerprint density at radius 1 is 1.40 bits per heavy atom. The standard InChI is InChI=1S/C16H26N2O2/c1-3-20-13-7-6-10-18(12-13)15(11-17)14-8-4-5-9-16(14)19-2/h4-5,8-9,13,15H,3,6-7,10-12,17H2,1-2H3. The second kappa shape index (κ2) is 7.62. The number of hydrogen-bond donors (Lipinski definition) is 1. The molecule has 0 bridgehead atoms. The van der Waals surface area contributed by atoms with E-state index in [1.807, 2.05) is 18.2 Å². The van der Waals surface area contributed by atoms with Gasteiger partial charge in [-0.25, -0.2) is 0 Å². The molecule has 20 heavy (non-hydrogen) atoms. The molecule has 0 radical (unpaired) electrons. The quantitative estimate of drug-likeness (QED) is 0.866. The normalized spacial score (nSPS) is 21.6. The molecule has 2 unspecified atom stereocenters. The van der Waals surface area contributed by atoms with Gasteiger partial charge in [-0.05, 0) is 32.4 Å². The lowest BCUT2D eigenvalue weighted by Gasteiger charge is -2.38. The van der Waals surface area contributed by atoms with E-state index in [1.54, 1.807) is 7.11 Å². The van der Waals surface area contributed by atoms with E-state index in [1.165, 1.54) is 5.56 Å². The molecule has 0 aliphatic carbocycles. The molecule has 1 aromatic rings. The number of rotatable bonds is 6. The molecule has 4 heteroatoms. The molecule has 0 amide bonds. The van der Waals surface area contributed by atoms with Gasteiger partial charge in [0.25, 0.3) is 0 Å². The average molecular weight is 278 g/mol. The maximum absolute atomic E-state index is 6.04. The molecule has 4 nitrogen and oxygen atoms in total. The third kappa shape index (κ3) is 3.51. The zero-order valence-electron chi connectivity index (χ0n) is 12.5. The van der Waals surface area contributed by atoms with Gasteiger partial charge >= 0.3 is 0 Å². The Labute approximate surface area is 121 Å². The monoisotopic (exact) mass is 278 g/mol. The lowest BCUT2D eigenvalue weighted by molar-refractivity contribution is -0.00686. The fourth-order valence-electron chi connectivity index (χ4n) is 3.04. The average Bonchev–Trinajstić information content (AvgIpc) is 2.49. The predicted octanol–water partition coefficient (Wildman–Crippen LogP) is 2.20. The van der Waals surface area contributed by atoms with Gasteiger partial charge in [-0.1, -0.05) is 18.2 Å². The molecule has 112 valence electrons. The highest BCUT2D eigenvalue weighted by molar-refractivity contribution is 5.36. The Kier molecular flexibility index (Phi) is 5.83. The molecule has 1 saturated heterocycles. The molecule has 0 spiro atoms. The molecule has 1 heterocycles. The number of para-hydroxylation sites is 1. The molecule has 2 N–H and O–H groups in total. The number of ether oxygens (including phenoxy) is 2. The summed E-state index contributed by atoms with van der Waals surface area (Å²) < 4.78 is 11.3. The van der Waals surface area contributed by atoms with Crippen molar-refractivity contribution < 1.29 is 9.47 Å². The van der Waals surface area contributed by atoms with Crippen LogP contribution in [0.3, 0.4) is 0 Å². The number of likely N-dealkylation sites (tertiary alicyclic amines) is 1. The van der Waals surface area contributed by atoms with Crippen LogP contribution in [0.15, 0.2) is 24.3 Å². The van der Waals surface area contributed by atoms with E-state index in [0.29, 0.717) is 12.6 Å². The summed E-state index contributed by atoms with van der Waals surface area (Å²) in [7, 11) is 1.71. The minimum Gasteiger partial charge on any atom is -0.496 e. The predicted molar refractivity (Wildman–Crippen MR) is 81.0 cm³/mol. The molecule has 1 fully saturated rings. The molecule has 0 saturated carbocycles. The summed E-state index contributed by atoms with van der Waals surface area (Å²) in [5.41, 5.74) is 7.22. The summed E-state index contributed by atoms with van der Waals surface area (Å²) >= 11 is 0.